The highest BCUT2D eigenvalue weighted by atomic mass is 16.5. The molecule has 1 atom stereocenters. The highest BCUT2D eigenvalue weighted by Gasteiger charge is 2.35. The van der Waals surface area contributed by atoms with Crippen LogP contribution in [0, 0.1) is 0 Å². The van der Waals surface area contributed by atoms with Crippen LogP contribution in [0.4, 0.5) is 5.69 Å². The fourth-order valence-electron chi connectivity index (χ4n) is 3.56. The zero-order chi connectivity index (χ0) is 16.8. The van der Waals surface area contributed by atoms with Crippen LogP contribution in [0.3, 0.4) is 0 Å². The maximum absolute atomic E-state index is 12.7. The molecule has 1 aromatic carbocycles. The van der Waals surface area contributed by atoms with Gasteiger partial charge in [-0.3, -0.25) is 9.69 Å². The molecule has 3 N–H and O–H groups in total. The molecule has 1 aromatic rings. The van der Waals surface area contributed by atoms with Crippen molar-refractivity contribution >= 4 is 11.6 Å². The quantitative estimate of drug-likeness (QED) is 0.827. The van der Waals surface area contributed by atoms with E-state index in [9.17, 15) is 4.79 Å². The van der Waals surface area contributed by atoms with Crippen molar-refractivity contribution in [1.82, 2.24) is 4.90 Å². The molecule has 0 aliphatic carbocycles. The third-order valence-corrected chi connectivity index (χ3v) is 4.77. The third-order valence-electron chi connectivity index (χ3n) is 4.77. The largest absolute Gasteiger partial charge is 0.492 e. The van der Waals surface area contributed by atoms with Crippen LogP contribution in [-0.4, -0.2) is 55.8 Å². The van der Waals surface area contributed by atoms with E-state index < -0.39 is 0 Å². The van der Waals surface area contributed by atoms with Crippen LogP contribution in [0.15, 0.2) is 24.3 Å². The number of likely N-dealkylation sites (tertiary alicyclic amines) is 1. The van der Waals surface area contributed by atoms with Gasteiger partial charge in [0.1, 0.15) is 12.4 Å². The van der Waals surface area contributed by atoms with E-state index in [1.807, 2.05) is 24.3 Å². The normalized spacial score (nSPS) is 22.5. The lowest BCUT2D eigenvalue weighted by atomic mass is 10.1. The Morgan fingerprint density at radius 3 is 2.71 bits per heavy atom. The van der Waals surface area contributed by atoms with Crippen LogP contribution in [0.2, 0.25) is 0 Å². The number of anilines is 1. The molecule has 24 heavy (non-hydrogen) atoms. The minimum Gasteiger partial charge on any atom is -0.492 e. The van der Waals surface area contributed by atoms with Gasteiger partial charge in [0.25, 0.3) is 0 Å². The molecule has 3 rings (SSSR count). The Labute approximate surface area is 143 Å². The van der Waals surface area contributed by atoms with Crippen LogP contribution in [0.1, 0.15) is 25.7 Å². The first-order chi connectivity index (χ1) is 11.8. The number of benzene rings is 1. The third kappa shape index (κ3) is 4.26. The smallest absolute Gasteiger partial charge is 0.241 e. The van der Waals surface area contributed by atoms with E-state index in [4.69, 9.17) is 15.2 Å². The van der Waals surface area contributed by atoms with E-state index in [0.717, 1.165) is 56.9 Å². The summed E-state index contributed by atoms with van der Waals surface area (Å²) >= 11 is 0. The zero-order valence-electron chi connectivity index (χ0n) is 14.1. The second kappa shape index (κ2) is 8.46. The Morgan fingerprint density at radius 1 is 1.25 bits per heavy atom. The molecule has 0 saturated carbocycles. The minimum absolute atomic E-state index is 0.0266. The van der Waals surface area contributed by atoms with Gasteiger partial charge in [-0.25, -0.2) is 0 Å². The number of carbonyl (C=O) groups excluding carboxylic acids is 1. The lowest BCUT2D eigenvalue weighted by molar-refractivity contribution is -0.121. The fraction of sp³-hybridized carbons (Fsp3) is 0.611. The summed E-state index contributed by atoms with van der Waals surface area (Å²) in [6, 6.07) is 7.91. The van der Waals surface area contributed by atoms with Gasteiger partial charge >= 0.3 is 0 Å². The van der Waals surface area contributed by atoms with Gasteiger partial charge in [-0.2, -0.15) is 0 Å². The Morgan fingerprint density at radius 2 is 2.00 bits per heavy atom. The molecule has 6 nitrogen and oxygen atoms in total. The number of rotatable bonds is 6. The van der Waals surface area contributed by atoms with E-state index in [-0.39, 0.29) is 11.9 Å². The van der Waals surface area contributed by atoms with Gasteiger partial charge in [0.05, 0.1) is 6.04 Å². The standard InChI is InChI=1S/C18H27N3O3/c19-9-13-24-16-5-3-14(4-6-16)20-18(22)17-2-1-10-21(17)15-7-11-23-12-8-15/h3-6,15,17H,1-2,7-13,19H2,(H,20,22). The fourth-order valence-corrected chi connectivity index (χ4v) is 3.56. The van der Waals surface area contributed by atoms with Crippen molar-refractivity contribution in [3.05, 3.63) is 24.3 Å². The van der Waals surface area contributed by atoms with Crippen LogP contribution in [-0.2, 0) is 9.53 Å². The van der Waals surface area contributed by atoms with Crippen LogP contribution in [0.5, 0.6) is 5.75 Å². The van der Waals surface area contributed by atoms with E-state index in [1.165, 1.54) is 0 Å². The number of hydrogen-bond acceptors (Lipinski definition) is 5. The van der Waals surface area contributed by atoms with Crippen LogP contribution < -0.4 is 15.8 Å². The number of amides is 1. The first-order valence-corrected chi connectivity index (χ1v) is 8.85. The van der Waals surface area contributed by atoms with Crippen LogP contribution in [0.25, 0.3) is 0 Å². The molecule has 132 valence electrons. The summed E-state index contributed by atoms with van der Waals surface area (Å²) in [7, 11) is 0. The number of hydrogen-bond donors (Lipinski definition) is 2. The molecule has 0 aromatic heterocycles. The molecular weight excluding hydrogens is 306 g/mol. The first-order valence-electron chi connectivity index (χ1n) is 8.85. The Bertz CT molecular complexity index is 529. The molecule has 2 saturated heterocycles. The molecule has 2 aliphatic heterocycles. The lowest BCUT2D eigenvalue weighted by Gasteiger charge is -2.34. The predicted octanol–water partition coefficient (Wildman–Crippen LogP) is 1.61. The summed E-state index contributed by atoms with van der Waals surface area (Å²) in [5.74, 6) is 0.859. The van der Waals surface area contributed by atoms with E-state index in [0.29, 0.717) is 19.2 Å². The maximum atomic E-state index is 12.7. The number of nitrogens with zero attached hydrogens (tertiary/aromatic N) is 1. The predicted molar refractivity (Wildman–Crippen MR) is 93.2 cm³/mol. The van der Waals surface area contributed by atoms with E-state index >= 15 is 0 Å². The Balaban J connectivity index is 1.57. The molecule has 0 spiro atoms. The van der Waals surface area contributed by atoms with Gasteiger partial charge in [0, 0.05) is 31.5 Å². The molecule has 0 radical (unpaired) electrons. The maximum Gasteiger partial charge on any atom is 0.241 e. The highest BCUT2D eigenvalue weighted by molar-refractivity contribution is 5.95. The summed E-state index contributed by atoms with van der Waals surface area (Å²) in [6.07, 6.45) is 4.07. The molecule has 2 aliphatic rings. The SMILES string of the molecule is NCCOc1ccc(NC(=O)C2CCCN2C2CCOCC2)cc1. The Kier molecular flexibility index (Phi) is 6.07. The first kappa shape index (κ1) is 17.2. The van der Waals surface area contributed by atoms with Crippen molar-refractivity contribution in [2.24, 2.45) is 5.73 Å². The zero-order valence-corrected chi connectivity index (χ0v) is 14.1. The average molecular weight is 333 g/mol. The molecule has 1 unspecified atom stereocenters. The van der Waals surface area contributed by atoms with Crippen molar-refractivity contribution in [3.63, 3.8) is 0 Å². The molecule has 0 bridgehead atoms. The summed E-state index contributed by atoms with van der Waals surface area (Å²) in [4.78, 5) is 15.1. The molecular formula is C18H27N3O3. The Hall–Kier alpha value is -1.63. The minimum atomic E-state index is -0.0266. The highest BCUT2D eigenvalue weighted by Crippen LogP contribution is 2.26. The average Bonchev–Trinajstić information content (AvgIpc) is 3.12. The molecule has 1 amide bonds. The molecule has 6 heteroatoms. The van der Waals surface area contributed by atoms with Gasteiger partial charge in [-0.15, -0.1) is 0 Å². The summed E-state index contributed by atoms with van der Waals surface area (Å²) < 4.78 is 10.9. The second-order valence-corrected chi connectivity index (χ2v) is 6.39. The molecule has 2 heterocycles. The van der Waals surface area contributed by atoms with Crippen molar-refractivity contribution in [3.8, 4) is 5.75 Å². The monoisotopic (exact) mass is 333 g/mol. The van der Waals surface area contributed by atoms with Crippen LogP contribution >= 0.6 is 0 Å². The van der Waals surface area contributed by atoms with E-state index in [2.05, 4.69) is 10.2 Å². The van der Waals surface area contributed by atoms with Crippen molar-refractivity contribution in [2.75, 3.05) is 38.2 Å². The number of carbonyl (C=O) groups is 1. The van der Waals surface area contributed by atoms with Gasteiger partial charge in [0.2, 0.25) is 5.91 Å². The lowest BCUT2D eigenvalue weighted by Crippen LogP contribution is -2.47. The van der Waals surface area contributed by atoms with Gasteiger partial charge in [-0.1, -0.05) is 0 Å². The van der Waals surface area contributed by atoms with Gasteiger partial charge in [0.15, 0.2) is 0 Å². The van der Waals surface area contributed by atoms with Gasteiger partial charge < -0.3 is 20.5 Å². The van der Waals surface area contributed by atoms with Crippen molar-refractivity contribution < 1.29 is 14.3 Å². The number of nitrogens with one attached hydrogen (secondary N) is 1. The summed E-state index contributed by atoms with van der Waals surface area (Å²) in [5, 5.41) is 3.04. The van der Waals surface area contributed by atoms with Crippen molar-refractivity contribution in [2.45, 2.75) is 37.8 Å². The number of ether oxygens (including phenoxy) is 2. The summed E-state index contributed by atoms with van der Waals surface area (Å²) in [5.41, 5.74) is 6.23. The number of nitrogens with two attached hydrogens (primary N) is 1. The topological polar surface area (TPSA) is 76.8 Å². The molecule has 2 fully saturated rings. The van der Waals surface area contributed by atoms with Gasteiger partial charge in [-0.05, 0) is 56.5 Å². The van der Waals surface area contributed by atoms with Crippen molar-refractivity contribution in [1.29, 1.82) is 0 Å². The van der Waals surface area contributed by atoms with E-state index in [1.54, 1.807) is 0 Å². The summed E-state index contributed by atoms with van der Waals surface area (Å²) in [6.45, 7) is 3.60. The second-order valence-electron chi connectivity index (χ2n) is 6.39.